The molecule has 2 rings (SSSR count). The van der Waals surface area contributed by atoms with Crippen LogP contribution in [0.15, 0.2) is 18.6 Å². The maximum Gasteiger partial charge on any atom is 0.244 e. The number of aromatic nitrogens is 4. The second-order valence-corrected chi connectivity index (χ2v) is 4.67. The molecule has 0 unspecified atom stereocenters. The predicted molar refractivity (Wildman–Crippen MR) is 71.1 cm³/mol. The monoisotopic (exact) mass is 262 g/mol. The number of carbonyl (C=O) groups excluding carboxylic acids is 1. The van der Waals surface area contributed by atoms with Gasteiger partial charge in [0.15, 0.2) is 0 Å². The van der Waals surface area contributed by atoms with Gasteiger partial charge >= 0.3 is 0 Å². The Morgan fingerprint density at radius 3 is 2.74 bits per heavy atom. The highest BCUT2D eigenvalue weighted by Gasteiger charge is 2.12. The van der Waals surface area contributed by atoms with Crippen molar-refractivity contribution in [2.45, 2.75) is 20.0 Å². The minimum atomic E-state index is -0.0219. The first-order valence-corrected chi connectivity index (χ1v) is 5.96. The summed E-state index contributed by atoms with van der Waals surface area (Å²) >= 11 is 0. The average molecular weight is 262 g/mol. The third-order valence-corrected chi connectivity index (χ3v) is 2.88. The van der Waals surface area contributed by atoms with E-state index in [0.717, 1.165) is 11.1 Å². The van der Waals surface area contributed by atoms with E-state index in [1.165, 1.54) is 0 Å². The van der Waals surface area contributed by atoms with E-state index in [0.29, 0.717) is 12.4 Å². The fraction of sp³-hybridized carbons (Fsp3) is 0.417. The van der Waals surface area contributed by atoms with Crippen LogP contribution in [0, 0.1) is 6.92 Å². The molecule has 0 saturated heterocycles. The third-order valence-electron chi connectivity index (χ3n) is 2.88. The van der Waals surface area contributed by atoms with Gasteiger partial charge in [-0.05, 0) is 6.92 Å². The lowest BCUT2D eigenvalue weighted by Gasteiger charge is -2.16. The summed E-state index contributed by atoms with van der Waals surface area (Å²) < 4.78 is 3.28. The van der Waals surface area contributed by atoms with Crippen LogP contribution >= 0.6 is 0 Å². The van der Waals surface area contributed by atoms with Crippen LogP contribution in [0.2, 0.25) is 0 Å². The van der Waals surface area contributed by atoms with Gasteiger partial charge in [-0.15, -0.1) is 0 Å². The summed E-state index contributed by atoms with van der Waals surface area (Å²) in [4.78, 5) is 13.7. The average Bonchev–Trinajstić information content (AvgIpc) is 2.86. The van der Waals surface area contributed by atoms with Crippen LogP contribution in [0.1, 0.15) is 11.1 Å². The standard InChI is InChI=1S/C12H18N6O/c1-9-5-18(15-12(9)13)8-11(19)16(2)6-10-4-14-17(3)7-10/h4-5,7H,6,8H2,1-3H3,(H2,13,15). The zero-order valence-electron chi connectivity index (χ0n) is 11.4. The van der Waals surface area contributed by atoms with E-state index in [9.17, 15) is 4.79 Å². The van der Waals surface area contributed by atoms with Crippen LogP contribution < -0.4 is 5.73 Å². The SMILES string of the molecule is Cc1cn(CC(=O)N(C)Cc2cnn(C)c2)nc1N. The minimum absolute atomic E-state index is 0.0219. The lowest BCUT2D eigenvalue weighted by molar-refractivity contribution is -0.131. The number of hydrogen-bond acceptors (Lipinski definition) is 4. The Morgan fingerprint density at radius 2 is 2.21 bits per heavy atom. The molecule has 19 heavy (non-hydrogen) atoms. The zero-order valence-corrected chi connectivity index (χ0v) is 11.4. The predicted octanol–water partition coefficient (Wildman–Crippen LogP) is 0.166. The molecule has 2 aromatic rings. The molecule has 0 saturated carbocycles. The van der Waals surface area contributed by atoms with Crippen molar-refractivity contribution in [2.75, 3.05) is 12.8 Å². The van der Waals surface area contributed by atoms with E-state index >= 15 is 0 Å². The molecule has 2 aromatic heterocycles. The van der Waals surface area contributed by atoms with Gasteiger partial charge in [0, 0.05) is 44.2 Å². The third kappa shape index (κ3) is 3.12. The Balaban J connectivity index is 1.95. The number of nitrogens with two attached hydrogens (primary N) is 1. The Morgan fingerprint density at radius 1 is 1.47 bits per heavy atom. The summed E-state index contributed by atoms with van der Waals surface area (Å²) in [5.74, 6) is 0.439. The Bertz CT molecular complexity index is 565. The lowest BCUT2D eigenvalue weighted by atomic mass is 10.3. The maximum absolute atomic E-state index is 12.0. The number of aryl methyl sites for hydroxylation is 2. The number of hydrogen-bond donors (Lipinski definition) is 1. The van der Waals surface area contributed by atoms with Gasteiger partial charge in [-0.25, -0.2) is 0 Å². The van der Waals surface area contributed by atoms with Crippen molar-refractivity contribution in [3.05, 3.63) is 29.7 Å². The number of anilines is 1. The molecular weight excluding hydrogens is 244 g/mol. The molecule has 102 valence electrons. The summed E-state index contributed by atoms with van der Waals surface area (Å²) in [5, 5.41) is 8.15. The first-order valence-electron chi connectivity index (χ1n) is 5.96. The molecule has 0 spiro atoms. The number of likely N-dealkylation sites (N-methyl/N-ethyl adjacent to an activating group) is 1. The quantitative estimate of drug-likeness (QED) is 0.851. The smallest absolute Gasteiger partial charge is 0.244 e. The number of carbonyl (C=O) groups is 1. The molecule has 0 aromatic carbocycles. The van der Waals surface area contributed by atoms with E-state index in [2.05, 4.69) is 10.2 Å². The van der Waals surface area contributed by atoms with Gasteiger partial charge in [-0.3, -0.25) is 14.2 Å². The summed E-state index contributed by atoms with van der Waals surface area (Å²) in [6.45, 7) is 2.58. The van der Waals surface area contributed by atoms with Crippen molar-refractivity contribution in [3.63, 3.8) is 0 Å². The van der Waals surface area contributed by atoms with Crippen molar-refractivity contribution >= 4 is 11.7 Å². The van der Waals surface area contributed by atoms with E-state index in [1.54, 1.807) is 33.7 Å². The molecule has 0 aliphatic carbocycles. The molecule has 0 aliphatic rings. The molecular formula is C12H18N6O. The molecule has 0 fully saturated rings. The lowest BCUT2D eigenvalue weighted by Crippen LogP contribution is -2.29. The first-order chi connectivity index (χ1) is 8.95. The summed E-state index contributed by atoms with van der Waals surface area (Å²) in [6.07, 6.45) is 5.41. The van der Waals surface area contributed by atoms with E-state index in [1.807, 2.05) is 20.2 Å². The van der Waals surface area contributed by atoms with Gasteiger partial charge in [-0.1, -0.05) is 0 Å². The Labute approximate surface area is 111 Å². The first kappa shape index (κ1) is 13.1. The highest BCUT2D eigenvalue weighted by Crippen LogP contribution is 2.07. The van der Waals surface area contributed by atoms with Gasteiger partial charge in [0.25, 0.3) is 0 Å². The van der Waals surface area contributed by atoms with Gasteiger partial charge in [0.1, 0.15) is 12.4 Å². The van der Waals surface area contributed by atoms with Crippen molar-refractivity contribution in [1.29, 1.82) is 0 Å². The largest absolute Gasteiger partial charge is 0.382 e. The zero-order chi connectivity index (χ0) is 14.0. The molecule has 0 radical (unpaired) electrons. The normalized spacial score (nSPS) is 10.7. The van der Waals surface area contributed by atoms with Crippen molar-refractivity contribution < 1.29 is 4.79 Å². The molecule has 0 aliphatic heterocycles. The van der Waals surface area contributed by atoms with Crippen LogP contribution in [-0.4, -0.2) is 37.4 Å². The molecule has 7 nitrogen and oxygen atoms in total. The Kier molecular flexibility index (Phi) is 3.55. The van der Waals surface area contributed by atoms with Crippen molar-refractivity contribution in [3.8, 4) is 0 Å². The second-order valence-electron chi connectivity index (χ2n) is 4.67. The Hall–Kier alpha value is -2.31. The highest BCUT2D eigenvalue weighted by atomic mass is 16.2. The second kappa shape index (κ2) is 5.13. The molecule has 2 N–H and O–H groups in total. The van der Waals surface area contributed by atoms with Crippen LogP contribution in [0.3, 0.4) is 0 Å². The maximum atomic E-state index is 12.0. The van der Waals surface area contributed by atoms with Crippen LogP contribution in [0.5, 0.6) is 0 Å². The molecule has 1 amide bonds. The van der Waals surface area contributed by atoms with Gasteiger partial charge in [0.05, 0.1) is 6.20 Å². The summed E-state index contributed by atoms with van der Waals surface area (Å²) in [7, 11) is 3.61. The van der Waals surface area contributed by atoms with Crippen molar-refractivity contribution in [2.24, 2.45) is 7.05 Å². The summed E-state index contributed by atoms with van der Waals surface area (Å²) in [5.41, 5.74) is 7.52. The van der Waals surface area contributed by atoms with Gasteiger partial charge in [-0.2, -0.15) is 10.2 Å². The number of amides is 1. The highest BCUT2D eigenvalue weighted by molar-refractivity contribution is 5.75. The van der Waals surface area contributed by atoms with Gasteiger partial charge < -0.3 is 10.6 Å². The van der Waals surface area contributed by atoms with E-state index in [-0.39, 0.29) is 12.5 Å². The fourth-order valence-electron chi connectivity index (χ4n) is 1.79. The number of nitrogens with zero attached hydrogens (tertiary/aromatic N) is 5. The van der Waals surface area contributed by atoms with Crippen LogP contribution in [0.25, 0.3) is 0 Å². The molecule has 7 heteroatoms. The molecule has 2 heterocycles. The minimum Gasteiger partial charge on any atom is -0.382 e. The van der Waals surface area contributed by atoms with E-state index < -0.39 is 0 Å². The molecule has 0 bridgehead atoms. The summed E-state index contributed by atoms with van der Waals surface area (Å²) in [6, 6.07) is 0. The fourth-order valence-corrected chi connectivity index (χ4v) is 1.79. The van der Waals surface area contributed by atoms with Crippen molar-refractivity contribution in [1.82, 2.24) is 24.5 Å². The van der Waals surface area contributed by atoms with Crippen LogP contribution in [-0.2, 0) is 24.9 Å². The van der Waals surface area contributed by atoms with E-state index in [4.69, 9.17) is 5.73 Å². The van der Waals surface area contributed by atoms with Crippen LogP contribution in [0.4, 0.5) is 5.82 Å². The topological polar surface area (TPSA) is 82.0 Å². The van der Waals surface area contributed by atoms with Gasteiger partial charge in [0.2, 0.25) is 5.91 Å². The molecule has 0 atom stereocenters. The number of rotatable bonds is 4. The number of nitrogen functional groups attached to an aromatic ring is 1.